The summed E-state index contributed by atoms with van der Waals surface area (Å²) in [7, 11) is 0. The zero-order valence-electron chi connectivity index (χ0n) is 11.6. The van der Waals surface area contributed by atoms with Crippen LogP contribution >= 0.6 is 0 Å². The van der Waals surface area contributed by atoms with Crippen LogP contribution in [-0.2, 0) is 11.3 Å². The first-order chi connectivity index (χ1) is 10.6. The molecule has 0 unspecified atom stereocenters. The van der Waals surface area contributed by atoms with Gasteiger partial charge in [0.15, 0.2) is 0 Å². The maximum absolute atomic E-state index is 13.4. The van der Waals surface area contributed by atoms with Gasteiger partial charge >= 0.3 is 0 Å². The quantitative estimate of drug-likeness (QED) is 0.888. The van der Waals surface area contributed by atoms with Crippen LogP contribution in [0.5, 0.6) is 0 Å². The van der Waals surface area contributed by atoms with E-state index in [1.165, 1.54) is 24.3 Å². The molecule has 0 spiro atoms. The third-order valence-electron chi connectivity index (χ3n) is 2.93. The van der Waals surface area contributed by atoms with Crippen LogP contribution in [0.4, 0.5) is 8.78 Å². The van der Waals surface area contributed by atoms with Crippen LogP contribution in [0.3, 0.4) is 0 Å². The Bertz CT molecular complexity index is 689. The van der Waals surface area contributed by atoms with E-state index in [4.69, 9.17) is 0 Å². The second-order valence-electron chi connectivity index (χ2n) is 4.56. The van der Waals surface area contributed by atoms with E-state index in [-0.39, 0.29) is 18.7 Å². The highest BCUT2D eigenvalue weighted by Crippen LogP contribution is 2.05. The summed E-state index contributed by atoms with van der Waals surface area (Å²) in [6.07, 6.45) is 0. The van der Waals surface area contributed by atoms with E-state index in [2.05, 4.69) is 10.6 Å². The number of benzene rings is 2. The van der Waals surface area contributed by atoms with Crippen molar-refractivity contribution < 1.29 is 18.4 Å². The number of amides is 2. The van der Waals surface area contributed by atoms with E-state index in [9.17, 15) is 18.4 Å². The summed E-state index contributed by atoms with van der Waals surface area (Å²) in [5, 5.41) is 4.86. The molecule has 114 valence electrons. The average molecular weight is 304 g/mol. The molecule has 0 aliphatic rings. The molecule has 0 radical (unpaired) electrons. The Kier molecular flexibility index (Phi) is 5.19. The fraction of sp³-hybridized carbons (Fsp3) is 0.125. The number of halogens is 2. The summed E-state index contributed by atoms with van der Waals surface area (Å²) >= 11 is 0. The number of hydrogen-bond acceptors (Lipinski definition) is 2. The predicted octanol–water partition coefficient (Wildman–Crippen LogP) is 2.01. The number of hydrogen-bond donors (Lipinski definition) is 2. The summed E-state index contributed by atoms with van der Waals surface area (Å²) < 4.78 is 26.3. The first-order valence-corrected chi connectivity index (χ1v) is 6.60. The molecule has 22 heavy (non-hydrogen) atoms. The predicted molar refractivity (Wildman–Crippen MR) is 77.0 cm³/mol. The summed E-state index contributed by atoms with van der Waals surface area (Å²) in [6, 6.07) is 11.2. The minimum absolute atomic E-state index is 0.0291. The van der Waals surface area contributed by atoms with Crippen LogP contribution in [0, 0.1) is 11.6 Å². The van der Waals surface area contributed by atoms with Crippen LogP contribution in [-0.4, -0.2) is 18.4 Å². The Morgan fingerprint density at radius 1 is 0.955 bits per heavy atom. The zero-order valence-corrected chi connectivity index (χ0v) is 11.6. The van der Waals surface area contributed by atoms with Gasteiger partial charge in [0.1, 0.15) is 11.6 Å². The standard InChI is InChI=1S/C16H14F2N2O2/c17-13-6-3-5-11(8-13)16(22)20-10-15(21)19-9-12-4-1-2-7-14(12)18/h1-8H,9-10H2,(H,19,21)(H,20,22). The smallest absolute Gasteiger partial charge is 0.251 e. The molecule has 2 aromatic carbocycles. The van der Waals surface area contributed by atoms with Crippen molar-refractivity contribution in [2.45, 2.75) is 6.54 Å². The molecular formula is C16H14F2N2O2. The second-order valence-corrected chi connectivity index (χ2v) is 4.56. The molecule has 2 aromatic rings. The lowest BCUT2D eigenvalue weighted by molar-refractivity contribution is -0.120. The van der Waals surface area contributed by atoms with Crippen LogP contribution in [0.15, 0.2) is 48.5 Å². The number of nitrogens with one attached hydrogen (secondary N) is 2. The Hall–Kier alpha value is -2.76. The molecule has 2 rings (SSSR count). The van der Waals surface area contributed by atoms with Crippen molar-refractivity contribution in [1.29, 1.82) is 0 Å². The zero-order chi connectivity index (χ0) is 15.9. The highest BCUT2D eigenvalue weighted by atomic mass is 19.1. The monoisotopic (exact) mass is 304 g/mol. The molecule has 0 saturated heterocycles. The third-order valence-corrected chi connectivity index (χ3v) is 2.93. The number of carbonyl (C=O) groups excluding carboxylic acids is 2. The fourth-order valence-electron chi connectivity index (χ4n) is 1.79. The van der Waals surface area contributed by atoms with Crippen molar-refractivity contribution in [3.8, 4) is 0 Å². The summed E-state index contributed by atoms with van der Waals surface area (Å²) in [4.78, 5) is 23.3. The maximum Gasteiger partial charge on any atom is 0.251 e. The highest BCUT2D eigenvalue weighted by Gasteiger charge is 2.09. The Morgan fingerprint density at radius 2 is 1.73 bits per heavy atom. The normalized spacial score (nSPS) is 10.1. The molecule has 4 nitrogen and oxygen atoms in total. The van der Waals surface area contributed by atoms with Crippen molar-refractivity contribution in [3.05, 3.63) is 71.3 Å². The molecule has 0 fully saturated rings. The lowest BCUT2D eigenvalue weighted by Crippen LogP contribution is -2.36. The van der Waals surface area contributed by atoms with E-state index in [1.807, 2.05) is 0 Å². The van der Waals surface area contributed by atoms with E-state index < -0.39 is 23.4 Å². The van der Waals surface area contributed by atoms with E-state index in [0.29, 0.717) is 5.56 Å². The van der Waals surface area contributed by atoms with Crippen LogP contribution in [0.2, 0.25) is 0 Å². The maximum atomic E-state index is 13.4. The van der Waals surface area contributed by atoms with E-state index in [1.54, 1.807) is 18.2 Å². The first kappa shape index (κ1) is 15.6. The summed E-state index contributed by atoms with van der Waals surface area (Å²) in [6.45, 7) is -0.245. The molecular weight excluding hydrogens is 290 g/mol. The van der Waals surface area contributed by atoms with Gasteiger partial charge in [-0.25, -0.2) is 8.78 Å². The van der Waals surface area contributed by atoms with E-state index >= 15 is 0 Å². The average Bonchev–Trinajstić information content (AvgIpc) is 2.52. The first-order valence-electron chi connectivity index (χ1n) is 6.60. The molecule has 0 aromatic heterocycles. The fourth-order valence-corrected chi connectivity index (χ4v) is 1.79. The van der Waals surface area contributed by atoms with Crippen molar-refractivity contribution in [2.24, 2.45) is 0 Å². The van der Waals surface area contributed by atoms with Gasteiger partial charge in [0.05, 0.1) is 6.54 Å². The molecule has 6 heteroatoms. The van der Waals surface area contributed by atoms with Gasteiger partial charge in [0.25, 0.3) is 5.91 Å². The van der Waals surface area contributed by atoms with E-state index in [0.717, 1.165) is 6.07 Å². The summed E-state index contributed by atoms with van der Waals surface area (Å²) in [5.74, 6) is -1.96. The Morgan fingerprint density at radius 3 is 2.45 bits per heavy atom. The van der Waals surface area contributed by atoms with Crippen LogP contribution < -0.4 is 10.6 Å². The van der Waals surface area contributed by atoms with Gasteiger partial charge in [-0.3, -0.25) is 9.59 Å². The summed E-state index contributed by atoms with van der Waals surface area (Å²) in [5.41, 5.74) is 0.481. The van der Waals surface area contributed by atoms with Crippen LogP contribution in [0.1, 0.15) is 15.9 Å². The van der Waals surface area contributed by atoms with Gasteiger partial charge in [-0.15, -0.1) is 0 Å². The van der Waals surface area contributed by atoms with Gasteiger partial charge in [0, 0.05) is 17.7 Å². The van der Waals surface area contributed by atoms with Crippen molar-refractivity contribution >= 4 is 11.8 Å². The Labute approximate surface area is 126 Å². The lowest BCUT2D eigenvalue weighted by Gasteiger charge is -2.08. The highest BCUT2D eigenvalue weighted by molar-refractivity contribution is 5.96. The molecule has 0 aliphatic carbocycles. The molecule has 0 saturated carbocycles. The molecule has 2 amide bonds. The third kappa shape index (κ3) is 4.37. The van der Waals surface area contributed by atoms with Gasteiger partial charge in [-0.1, -0.05) is 24.3 Å². The number of rotatable bonds is 5. The van der Waals surface area contributed by atoms with Crippen molar-refractivity contribution in [2.75, 3.05) is 6.54 Å². The van der Waals surface area contributed by atoms with Gasteiger partial charge in [0.2, 0.25) is 5.91 Å². The van der Waals surface area contributed by atoms with Crippen LogP contribution in [0.25, 0.3) is 0 Å². The molecule has 0 atom stereocenters. The minimum atomic E-state index is -0.555. The topological polar surface area (TPSA) is 58.2 Å². The largest absolute Gasteiger partial charge is 0.350 e. The SMILES string of the molecule is O=C(CNC(=O)c1cccc(F)c1)NCc1ccccc1F. The molecule has 0 heterocycles. The van der Waals surface area contributed by atoms with Gasteiger partial charge in [-0.2, -0.15) is 0 Å². The van der Waals surface area contributed by atoms with Crippen molar-refractivity contribution in [1.82, 2.24) is 10.6 Å². The number of carbonyl (C=O) groups is 2. The molecule has 0 bridgehead atoms. The molecule has 2 N–H and O–H groups in total. The van der Waals surface area contributed by atoms with Crippen molar-refractivity contribution in [3.63, 3.8) is 0 Å². The Balaban J connectivity index is 1.81. The second kappa shape index (κ2) is 7.31. The lowest BCUT2D eigenvalue weighted by atomic mass is 10.2. The van der Waals surface area contributed by atoms with Gasteiger partial charge < -0.3 is 10.6 Å². The minimum Gasteiger partial charge on any atom is -0.350 e. The molecule has 0 aliphatic heterocycles. The van der Waals surface area contributed by atoms with Gasteiger partial charge in [-0.05, 0) is 24.3 Å².